The fourth-order valence-corrected chi connectivity index (χ4v) is 5.07. The first kappa shape index (κ1) is 25.5. The number of hydrogen-bond acceptors (Lipinski definition) is 4. The third-order valence-electron chi connectivity index (χ3n) is 6.11. The average molecular weight is 448 g/mol. The first-order valence-electron chi connectivity index (χ1n) is 10.9. The number of rotatable bonds is 5. The van der Waals surface area contributed by atoms with E-state index in [1.807, 2.05) is 6.92 Å². The summed E-state index contributed by atoms with van der Waals surface area (Å²) in [5, 5.41) is 11.4. The Hall–Kier alpha value is -1.73. The van der Waals surface area contributed by atoms with E-state index in [1.54, 1.807) is 12.1 Å². The maximum atomic E-state index is 11.4. The lowest BCUT2D eigenvalue weighted by Gasteiger charge is -2.46. The number of aliphatic hydroxyl groups is 1. The van der Waals surface area contributed by atoms with E-state index in [2.05, 4.69) is 58.4 Å². The molecule has 2 aromatic rings. The molecule has 0 saturated heterocycles. The maximum absolute atomic E-state index is 11.4. The normalized spacial score (nSPS) is 22.9. The molecule has 1 saturated carbocycles. The van der Waals surface area contributed by atoms with Crippen LogP contribution < -0.4 is 0 Å². The molecule has 5 nitrogen and oxygen atoms in total. The quantitative estimate of drug-likeness (QED) is 0.547. The molecule has 0 amide bonds. The second kappa shape index (κ2) is 10.3. The Morgan fingerprint density at radius 2 is 1.65 bits per heavy atom. The van der Waals surface area contributed by atoms with Gasteiger partial charge in [0, 0.05) is 11.8 Å². The summed E-state index contributed by atoms with van der Waals surface area (Å²) in [6.45, 7) is 5.06. The minimum Gasteiger partial charge on any atom is -0.744 e. The van der Waals surface area contributed by atoms with Crippen molar-refractivity contribution in [2.24, 2.45) is 5.92 Å². The van der Waals surface area contributed by atoms with Crippen molar-refractivity contribution in [2.45, 2.75) is 55.9 Å². The second-order valence-corrected chi connectivity index (χ2v) is 11.2. The van der Waals surface area contributed by atoms with E-state index in [9.17, 15) is 18.1 Å². The Balaban J connectivity index is 0.000000262. The zero-order chi connectivity index (χ0) is 23.3. The van der Waals surface area contributed by atoms with Crippen molar-refractivity contribution in [3.05, 3.63) is 65.7 Å². The van der Waals surface area contributed by atoms with Crippen LogP contribution in [-0.4, -0.2) is 55.8 Å². The molecule has 3 rings (SSSR count). The lowest BCUT2D eigenvalue weighted by Crippen LogP contribution is -2.51. The van der Waals surface area contributed by atoms with Gasteiger partial charge in [-0.25, -0.2) is 8.42 Å². The van der Waals surface area contributed by atoms with Gasteiger partial charge in [0.1, 0.15) is 10.1 Å². The van der Waals surface area contributed by atoms with Crippen molar-refractivity contribution in [2.75, 3.05) is 27.7 Å². The van der Waals surface area contributed by atoms with Crippen molar-refractivity contribution in [3.8, 4) is 0 Å². The summed E-state index contributed by atoms with van der Waals surface area (Å²) in [6.07, 6.45) is 4.44. The van der Waals surface area contributed by atoms with E-state index in [4.69, 9.17) is 0 Å². The van der Waals surface area contributed by atoms with Crippen LogP contribution in [0.3, 0.4) is 0 Å². The van der Waals surface area contributed by atoms with Crippen LogP contribution in [0.5, 0.6) is 0 Å². The zero-order valence-electron chi connectivity index (χ0n) is 19.4. The molecule has 2 aromatic carbocycles. The molecule has 1 fully saturated rings. The number of benzene rings is 2. The van der Waals surface area contributed by atoms with Crippen LogP contribution >= 0.6 is 0 Å². The smallest absolute Gasteiger partial charge is 0.124 e. The van der Waals surface area contributed by atoms with Gasteiger partial charge in [-0.3, -0.25) is 0 Å². The van der Waals surface area contributed by atoms with Crippen LogP contribution in [0, 0.1) is 12.8 Å². The zero-order valence-corrected chi connectivity index (χ0v) is 20.2. The molecule has 0 aliphatic heterocycles. The molecule has 3 atom stereocenters. The van der Waals surface area contributed by atoms with Crippen molar-refractivity contribution in [3.63, 3.8) is 0 Å². The third kappa shape index (κ3) is 7.42. The molecule has 0 heterocycles. The van der Waals surface area contributed by atoms with Crippen LogP contribution in [0.25, 0.3) is 0 Å². The van der Waals surface area contributed by atoms with Gasteiger partial charge >= 0.3 is 0 Å². The first-order chi connectivity index (χ1) is 14.3. The van der Waals surface area contributed by atoms with Crippen LogP contribution in [0.15, 0.2) is 59.5 Å². The van der Waals surface area contributed by atoms with E-state index >= 15 is 0 Å². The topological polar surface area (TPSA) is 77.4 Å². The molecule has 1 aliphatic rings. The molecule has 0 radical (unpaired) electrons. The minimum absolute atomic E-state index is 0.178. The number of aryl methyl sites for hydroxylation is 1. The third-order valence-corrected chi connectivity index (χ3v) is 6.96. The molecule has 1 N–H and O–H groups in total. The highest BCUT2D eigenvalue weighted by molar-refractivity contribution is 7.85. The van der Waals surface area contributed by atoms with Crippen molar-refractivity contribution in [1.29, 1.82) is 0 Å². The van der Waals surface area contributed by atoms with Gasteiger partial charge in [0.2, 0.25) is 0 Å². The van der Waals surface area contributed by atoms with Crippen LogP contribution in [0.1, 0.15) is 49.7 Å². The van der Waals surface area contributed by atoms with E-state index < -0.39 is 15.7 Å². The summed E-state index contributed by atoms with van der Waals surface area (Å²) in [6, 6.07) is 16.4. The monoisotopic (exact) mass is 447 g/mol. The fourth-order valence-electron chi connectivity index (χ4n) is 4.60. The Kier molecular flexibility index (Phi) is 8.45. The van der Waals surface area contributed by atoms with E-state index in [0.717, 1.165) is 35.9 Å². The maximum Gasteiger partial charge on any atom is 0.124 e. The molecule has 31 heavy (non-hydrogen) atoms. The van der Waals surface area contributed by atoms with Crippen molar-refractivity contribution < 1.29 is 22.6 Å². The van der Waals surface area contributed by atoms with Crippen LogP contribution in [-0.2, 0) is 10.1 Å². The SMILES string of the molecule is CC(C[N+](C)(C)C)C1(O)CCCCC1c1ccccc1.Cc1ccc(S(=O)(=O)[O-])cc1. The molecular formula is C25H37NO4S. The van der Waals surface area contributed by atoms with Gasteiger partial charge in [0.25, 0.3) is 0 Å². The summed E-state index contributed by atoms with van der Waals surface area (Å²) in [5.41, 5.74) is 1.69. The molecular weight excluding hydrogens is 410 g/mol. The Bertz CT molecular complexity index is 920. The van der Waals surface area contributed by atoms with E-state index in [-0.39, 0.29) is 4.90 Å². The first-order valence-corrected chi connectivity index (χ1v) is 12.3. The van der Waals surface area contributed by atoms with E-state index in [0.29, 0.717) is 11.8 Å². The van der Waals surface area contributed by atoms with E-state index in [1.165, 1.54) is 24.1 Å². The molecule has 1 aliphatic carbocycles. The molecule has 3 unspecified atom stereocenters. The summed E-state index contributed by atoms with van der Waals surface area (Å²) in [7, 11) is 2.36. The highest BCUT2D eigenvalue weighted by Crippen LogP contribution is 2.45. The van der Waals surface area contributed by atoms with Crippen LogP contribution in [0.2, 0.25) is 0 Å². The molecule has 0 aromatic heterocycles. The van der Waals surface area contributed by atoms with Crippen molar-refractivity contribution in [1.82, 2.24) is 0 Å². The highest BCUT2D eigenvalue weighted by Gasteiger charge is 2.45. The standard InChI is InChI=1S/C18H30NO.C7H8O3S/c1-15(14-19(2,3)4)18(20)13-9-8-12-17(18)16-10-6-5-7-11-16;1-6-2-4-7(5-3-6)11(8,9)10/h5-7,10-11,15,17,20H,8-9,12-14H2,1-4H3;2-5H,1H3,(H,8,9,10)/q+1;/p-1. The average Bonchev–Trinajstić information content (AvgIpc) is 2.68. The predicted octanol–water partition coefficient (Wildman–Crippen LogP) is 4.32. The molecule has 0 spiro atoms. The summed E-state index contributed by atoms with van der Waals surface area (Å²) in [5.74, 6) is 0.604. The van der Waals surface area contributed by atoms with Gasteiger partial charge in [-0.15, -0.1) is 0 Å². The number of quaternary nitrogens is 1. The Labute approximate surface area is 188 Å². The summed E-state index contributed by atoms with van der Waals surface area (Å²) >= 11 is 0. The van der Waals surface area contributed by atoms with Gasteiger partial charge in [-0.1, -0.05) is 67.8 Å². The largest absolute Gasteiger partial charge is 0.744 e. The predicted molar refractivity (Wildman–Crippen MR) is 124 cm³/mol. The molecule has 6 heteroatoms. The van der Waals surface area contributed by atoms with Crippen molar-refractivity contribution >= 4 is 10.1 Å². The van der Waals surface area contributed by atoms with Gasteiger partial charge in [-0.05, 0) is 37.5 Å². The number of nitrogens with zero attached hydrogens (tertiary/aromatic N) is 1. The molecule has 0 bridgehead atoms. The Morgan fingerprint density at radius 3 is 2.16 bits per heavy atom. The van der Waals surface area contributed by atoms with Gasteiger partial charge in [-0.2, -0.15) is 0 Å². The fraction of sp³-hybridized carbons (Fsp3) is 0.520. The van der Waals surface area contributed by atoms with Crippen LogP contribution in [0.4, 0.5) is 0 Å². The van der Waals surface area contributed by atoms with Gasteiger partial charge < -0.3 is 14.1 Å². The van der Waals surface area contributed by atoms with Gasteiger partial charge in [0.15, 0.2) is 0 Å². The minimum atomic E-state index is -4.27. The summed E-state index contributed by atoms with van der Waals surface area (Å²) < 4.78 is 32.1. The lowest BCUT2D eigenvalue weighted by atomic mass is 9.66. The second-order valence-electron chi connectivity index (χ2n) is 9.84. The molecule has 172 valence electrons. The highest BCUT2D eigenvalue weighted by atomic mass is 32.2. The Morgan fingerprint density at radius 1 is 1.06 bits per heavy atom. The van der Waals surface area contributed by atoms with Gasteiger partial charge in [0.05, 0.1) is 38.2 Å². The summed E-state index contributed by atoms with van der Waals surface area (Å²) in [4.78, 5) is -0.178. The number of hydrogen-bond donors (Lipinski definition) is 1. The lowest BCUT2D eigenvalue weighted by molar-refractivity contribution is -0.874.